The first-order chi connectivity index (χ1) is 8.15. The standard InChI is InChI=1S/C12H17ClN2OS/c1-14-4-6-15(7-5-14)12(16)3-2-11-8-10(13)9-17-11/h8-9H,2-7H2,1H3. The lowest BCUT2D eigenvalue weighted by atomic mass is 10.2. The third-order valence-corrected chi connectivity index (χ3v) is 4.41. The van der Waals surface area contributed by atoms with Gasteiger partial charge in [-0.15, -0.1) is 11.3 Å². The fourth-order valence-corrected chi connectivity index (χ4v) is 3.01. The molecule has 17 heavy (non-hydrogen) atoms. The normalized spacial score (nSPS) is 17.4. The summed E-state index contributed by atoms with van der Waals surface area (Å²) in [6, 6.07) is 1.95. The van der Waals surface area contributed by atoms with Gasteiger partial charge in [-0.3, -0.25) is 4.79 Å². The predicted molar refractivity (Wildman–Crippen MR) is 71.7 cm³/mol. The number of halogens is 1. The molecule has 3 nitrogen and oxygen atoms in total. The third-order valence-electron chi connectivity index (χ3n) is 3.06. The minimum absolute atomic E-state index is 0.266. The van der Waals surface area contributed by atoms with Crippen LogP contribution in [-0.2, 0) is 11.2 Å². The summed E-state index contributed by atoms with van der Waals surface area (Å²) >= 11 is 7.48. The Bertz CT molecular complexity index is 386. The molecule has 0 spiro atoms. The Kier molecular flexibility index (Phi) is 4.42. The number of piperazine rings is 1. The molecule has 1 aliphatic heterocycles. The maximum Gasteiger partial charge on any atom is 0.223 e. The molecular formula is C12H17ClN2OS. The Morgan fingerprint density at radius 1 is 1.41 bits per heavy atom. The number of hydrogen-bond acceptors (Lipinski definition) is 3. The molecule has 0 N–H and O–H groups in total. The molecule has 2 rings (SSSR count). The molecule has 1 amide bonds. The summed E-state index contributed by atoms with van der Waals surface area (Å²) in [5, 5.41) is 2.69. The van der Waals surface area contributed by atoms with E-state index in [2.05, 4.69) is 11.9 Å². The molecule has 0 unspecified atom stereocenters. The molecule has 94 valence electrons. The van der Waals surface area contributed by atoms with Crippen LogP contribution in [0.25, 0.3) is 0 Å². The minimum Gasteiger partial charge on any atom is -0.340 e. The third kappa shape index (κ3) is 3.69. The summed E-state index contributed by atoms with van der Waals surface area (Å²) in [5.41, 5.74) is 0. The van der Waals surface area contributed by atoms with Gasteiger partial charge in [0.2, 0.25) is 5.91 Å². The number of carbonyl (C=O) groups is 1. The number of aryl methyl sites for hydroxylation is 1. The highest BCUT2D eigenvalue weighted by Gasteiger charge is 2.18. The first kappa shape index (κ1) is 12.9. The fraction of sp³-hybridized carbons (Fsp3) is 0.583. The van der Waals surface area contributed by atoms with E-state index in [9.17, 15) is 4.79 Å². The van der Waals surface area contributed by atoms with Crippen molar-refractivity contribution in [3.05, 3.63) is 21.3 Å². The largest absolute Gasteiger partial charge is 0.340 e. The van der Waals surface area contributed by atoms with Crippen LogP contribution in [0.3, 0.4) is 0 Å². The second-order valence-electron chi connectivity index (χ2n) is 4.42. The van der Waals surface area contributed by atoms with Crippen molar-refractivity contribution in [1.29, 1.82) is 0 Å². The van der Waals surface area contributed by atoms with Gasteiger partial charge in [0, 0.05) is 42.9 Å². The average Bonchev–Trinajstić information content (AvgIpc) is 2.73. The topological polar surface area (TPSA) is 23.6 Å². The highest BCUT2D eigenvalue weighted by atomic mass is 35.5. The monoisotopic (exact) mass is 272 g/mol. The molecule has 1 aromatic rings. The summed E-state index contributed by atoms with van der Waals surface area (Å²) in [6.07, 6.45) is 1.41. The van der Waals surface area contributed by atoms with Crippen LogP contribution in [-0.4, -0.2) is 48.9 Å². The molecule has 1 fully saturated rings. The van der Waals surface area contributed by atoms with Crippen LogP contribution < -0.4 is 0 Å². The predicted octanol–water partition coefficient (Wildman–Crippen LogP) is 2.11. The molecule has 0 atom stereocenters. The lowest BCUT2D eigenvalue weighted by molar-refractivity contribution is -0.132. The summed E-state index contributed by atoms with van der Waals surface area (Å²) in [7, 11) is 2.09. The summed E-state index contributed by atoms with van der Waals surface area (Å²) < 4.78 is 0. The Hall–Kier alpha value is -0.580. The number of rotatable bonds is 3. The van der Waals surface area contributed by atoms with Crippen LogP contribution >= 0.6 is 22.9 Å². The lowest BCUT2D eigenvalue weighted by Gasteiger charge is -2.32. The molecule has 0 saturated carbocycles. The van der Waals surface area contributed by atoms with Crippen LogP contribution in [0.15, 0.2) is 11.4 Å². The molecule has 0 bridgehead atoms. The highest BCUT2D eigenvalue weighted by molar-refractivity contribution is 7.10. The molecule has 2 heterocycles. The molecule has 0 aromatic carbocycles. The van der Waals surface area contributed by atoms with Gasteiger partial charge >= 0.3 is 0 Å². The fourth-order valence-electron chi connectivity index (χ4n) is 1.93. The molecule has 0 aliphatic carbocycles. The minimum atomic E-state index is 0.266. The van der Waals surface area contributed by atoms with Gasteiger partial charge in [-0.2, -0.15) is 0 Å². The van der Waals surface area contributed by atoms with Crippen LogP contribution in [0.2, 0.25) is 5.02 Å². The number of carbonyl (C=O) groups excluding carboxylic acids is 1. The van der Waals surface area contributed by atoms with E-state index in [1.165, 1.54) is 4.88 Å². The van der Waals surface area contributed by atoms with Crippen LogP contribution in [0.5, 0.6) is 0 Å². The van der Waals surface area contributed by atoms with Gasteiger partial charge in [0.15, 0.2) is 0 Å². The van der Waals surface area contributed by atoms with E-state index in [0.29, 0.717) is 6.42 Å². The smallest absolute Gasteiger partial charge is 0.223 e. The van der Waals surface area contributed by atoms with Crippen molar-refractivity contribution >= 4 is 28.8 Å². The Morgan fingerprint density at radius 2 is 2.12 bits per heavy atom. The molecular weight excluding hydrogens is 256 g/mol. The Balaban J connectivity index is 1.77. The van der Waals surface area contributed by atoms with E-state index >= 15 is 0 Å². The maximum atomic E-state index is 12.0. The zero-order valence-corrected chi connectivity index (χ0v) is 11.6. The van der Waals surface area contributed by atoms with E-state index in [1.54, 1.807) is 11.3 Å². The highest BCUT2D eigenvalue weighted by Crippen LogP contribution is 2.20. The van der Waals surface area contributed by atoms with E-state index in [4.69, 9.17) is 11.6 Å². The van der Waals surface area contributed by atoms with Crippen molar-refractivity contribution in [3.8, 4) is 0 Å². The second kappa shape index (κ2) is 5.85. The van der Waals surface area contributed by atoms with E-state index in [1.807, 2.05) is 16.3 Å². The van der Waals surface area contributed by atoms with Crippen molar-refractivity contribution in [2.75, 3.05) is 33.2 Å². The summed E-state index contributed by atoms with van der Waals surface area (Å²) in [6.45, 7) is 3.69. The van der Waals surface area contributed by atoms with Gasteiger partial charge in [-0.25, -0.2) is 0 Å². The first-order valence-electron chi connectivity index (χ1n) is 5.84. The number of likely N-dealkylation sites (N-methyl/N-ethyl adjacent to an activating group) is 1. The van der Waals surface area contributed by atoms with Gasteiger partial charge in [0.25, 0.3) is 0 Å². The number of hydrogen-bond donors (Lipinski definition) is 0. The first-order valence-corrected chi connectivity index (χ1v) is 7.10. The van der Waals surface area contributed by atoms with Crippen molar-refractivity contribution in [1.82, 2.24) is 9.80 Å². The SMILES string of the molecule is CN1CCN(C(=O)CCc2cc(Cl)cs2)CC1. The van der Waals surface area contributed by atoms with Crippen LogP contribution in [0.1, 0.15) is 11.3 Å². The van der Waals surface area contributed by atoms with Gasteiger partial charge in [0.05, 0.1) is 5.02 Å². The number of thiophene rings is 1. The Labute approximate surface area is 111 Å². The second-order valence-corrected chi connectivity index (χ2v) is 5.85. The molecule has 1 saturated heterocycles. The van der Waals surface area contributed by atoms with E-state index in [-0.39, 0.29) is 5.91 Å². The molecule has 1 aromatic heterocycles. The van der Waals surface area contributed by atoms with E-state index < -0.39 is 0 Å². The van der Waals surface area contributed by atoms with E-state index in [0.717, 1.165) is 37.6 Å². The summed E-state index contributed by atoms with van der Waals surface area (Å²) in [5.74, 6) is 0.266. The molecule has 5 heteroatoms. The molecule has 0 radical (unpaired) electrons. The maximum absolute atomic E-state index is 12.0. The van der Waals surface area contributed by atoms with Crippen molar-refractivity contribution in [2.45, 2.75) is 12.8 Å². The number of amides is 1. The van der Waals surface area contributed by atoms with Gasteiger partial charge < -0.3 is 9.80 Å². The zero-order chi connectivity index (χ0) is 12.3. The van der Waals surface area contributed by atoms with Gasteiger partial charge in [-0.05, 0) is 19.5 Å². The zero-order valence-electron chi connectivity index (χ0n) is 9.99. The number of nitrogens with zero attached hydrogens (tertiary/aromatic N) is 2. The van der Waals surface area contributed by atoms with Gasteiger partial charge in [-0.1, -0.05) is 11.6 Å². The summed E-state index contributed by atoms with van der Waals surface area (Å²) in [4.78, 5) is 17.4. The van der Waals surface area contributed by atoms with Crippen LogP contribution in [0.4, 0.5) is 0 Å². The average molecular weight is 273 g/mol. The van der Waals surface area contributed by atoms with Crippen LogP contribution in [0, 0.1) is 0 Å². The van der Waals surface area contributed by atoms with Crippen molar-refractivity contribution < 1.29 is 4.79 Å². The van der Waals surface area contributed by atoms with Gasteiger partial charge in [0.1, 0.15) is 0 Å². The lowest BCUT2D eigenvalue weighted by Crippen LogP contribution is -2.47. The molecule has 1 aliphatic rings. The van der Waals surface area contributed by atoms with Crippen molar-refractivity contribution in [3.63, 3.8) is 0 Å². The quantitative estimate of drug-likeness (QED) is 0.841. The van der Waals surface area contributed by atoms with Crippen molar-refractivity contribution in [2.24, 2.45) is 0 Å². The Morgan fingerprint density at radius 3 is 2.71 bits per heavy atom.